The van der Waals surface area contributed by atoms with Crippen molar-refractivity contribution >= 4 is 15.9 Å². The molecule has 3 N–H and O–H groups in total. The van der Waals surface area contributed by atoms with Crippen molar-refractivity contribution in [2.45, 2.75) is 38.0 Å². The van der Waals surface area contributed by atoms with Crippen LogP contribution in [0.25, 0.3) is 0 Å². The number of methoxy groups -OCH3 is 1. The third-order valence-corrected chi connectivity index (χ3v) is 4.97. The SMILES string of the molecule is COc1c(O)cc(Br)c(C)c1C1(CN)CCCC1. The van der Waals surface area contributed by atoms with Crippen LogP contribution >= 0.6 is 15.9 Å². The minimum atomic E-state index is -0.0450. The Morgan fingerprint density at radius 3 is 2.56 bits per heavy atom. The molecule has 3 nitrogen and oxygen atoms in total. The standard InChI is InChI=1S/C14H20BrNO2/c1-9-10(15)7-11(17)13(18-2)12(9)14(8-16)5-3-4-6-14/h7,17H,3-6,8,16H2,1-2H3. The average molecular weight is 314 g/mol. The van der Waals surface area contributed by atoms with Gasteiger partial charge in [0, 0.05) is 22.0 Å². The zero-order valence-corrected chi connectivity index (χ0v) is 12.5. The molecule has 1 saturated carbocycles. The Morgan fingerprint density at radius 2 is 2.06 bits per heavy atom. The molecule has 1 fully saturated rings. The Labute approximate surface area is 116 Å². The average Bonchev–Trinajstić information content (AvgIpc) is 2.83. The summed E-state index contributed by atoms with van der Waals surface area (Å²) >= 11 is 3.50. The van der Waals surface area contributed by atoms with Crippen LogP contribution in [0.2, 0.25) is 0 Å². The second-order valence-electron chi connectivity index (χ2n) is 5.10. The molecule has 1 aromatic carbocycles. The first-order chi connectivity index (χ1) is 8.55. The maximum absolute atomic E-state index is 10.1. The van der Waals surface area contributed by atoms with Crippen molar-refractivity contribution in [1.29, 1.82) is 0 Å². The lowest BCUT2D eigenvalue weighted by molar-refractivity contribution is 0.347. The van der Waals surface area contributed by atoms with Gasteiger partial charge in [0.05, 0.1) is 7.11 Å². The third-order valence-electron chi connectivity index (χ3n) is 4.14. The van der Waals surface area contributed by atoms with Crippen molar-refractivity contribution in [1.82, 2.24) is 0 Å². The van der Waals surface area contributed by atoms with Crippen LogP contribution in [0.3, 0.4) is 0 Å². The summed E-state index contributed by atoms with van der Waals surface area (Å²) in [6.07, 6.45) is 4.51. The van der Waals surface area contributed by atoms with Gasteiger partial charge in [-0.1, -0.05) is 28.8 Å². The van der Waals surface area contributed by atoms with Crippen LogP contribution in [0.5, 0.6) is 11.5 Å². The second-order valence-corrected chi connectivity index (χ2v) is 5.96. The van der Waals surface area contributed by atoms with Crippen molar-refractivity contribution in [2.75, 3.05) is 13.7 Å². The number of halogens is 1. The van der Waals surface area contributed by atoms with Crippen LogP contribution in [0, 0.1) is 6.92 Å². The van der Waals surface area contributed by atoms with E-state index in [1.807, 2.05) is 0 Å². The summed E-state index contributed by atoms with van der Waals surface area (Å²) in [6, 6.07) is 1.69. The van der Waals surface area contributed by atoms with Gasteiger partial charge in [-0.3, -0.25) is 0 Å². The number of nitrogens with two attached hydrogens (primary N) is 1. The topological polar surface area (TPSA) is 55.5 Å². The number of hydrogen-bond acceptors (Lipinski definition) is 3. The molecule has 0 aromatic heterocycles. The first kappa shape index (κ1) is 13.7. The fourth-order valence-corrected chi connectivity index (χ4v) is 3.58. The highest BCUT2D eigenvalue weighted by Crippen LogP contribution is 2.49. The maximum atomic E-state index is 10.1. The molecule has 18 heavy (non-hydrogen) atoms. The lowest BCUT2D eigenvalue weighted by atomic mass is 9.76. The van der Waals surface area contributed by atoms with E-state index in [-0.39, 0.29) is 11.2 Å². The Balaban J connectivity index is 2.67. The van der Waals surface area contributed by atoms with Gasteiger partial charge in [-0.25, -0.2) is 0 Å². The van der Waals surface area contributed by atoms with E-state index in [1.165, 1.54) is 12.8 Å². The number of phenols is 1. The van der Waals surface area contributed by atoms with Crippen LogP contribution in [0.1, 0.15) is 36.8 Å². The van der Waals surface area contributed by atoms with Gasteiger partial charge in [0.15, 0.2) is 11.5 Å². The zero-order valence-electron chi connectivity index (χ0n) is 10.9. The monoisotopic (exact) mass is 313 g/mol. The molecular formula is C14H20BrNO2. The molecule has 0 spiro atoms. The number of ether oxygens (including phenoxy) is 1. The summed E-state index contributed by atoms with van der Waals surface area (Å²) in [7, 11) is 1.60. The molecule has 2 rings (SSSR count). The Kier molecular flexibility index (Phi) is 3.87. The van der Waals surface area contributed by atoms with Gasteiger partial charge in [0.2, 0.25) is 0 Å². The third kappa shape index (κ3) is 2.01. The Hall–Kier alpha value is -0.740. The largest absolute Gasteiger partial charge is 0.504 e. The summed E-state index contributed by atoms with van der Waals surface area (Å²) < 4.78 is 6.34. The fourth-order valence-electron chi connectivity index (χ4n) is 3.16. The van der Waals surface area contributed by atoms with Gasteiger partial charge in [-0.05, 0) is 31.4 Å². The summed E-state index contributed by atoms with van der Waals surface area (Å²) in [6.45, 7) is 2.65. The number of rotatable bonds is 3. The molecule has 0 bridgehead atoms. The van der Waals surface area contributed by atoms with Crippen molar-refractivity contribution in [3.05, 3.63) is 21.7 Å². The molecule has 4 heteroatoms. The smallest absolute Gasteiger partial charge is 0.164 e. The molecule has 1 aromatic rings. The van der Waals surface area contributed by atoms with Gasteiger partial charge in [0.25, 0.3) is 0 Å². The summed E-state index contributed by atoms with van der Waals surface area (Å²) in [5.74, 6) is 0.771. The van der Waals surface area contributed by atoms with Crippen molar-refractivity contribution in [3.8, 4) is 11.5 Å². The molecule has 1 aliphatic carbocycles. The van der Waals surface area contributed by atoms with Gasteiger partial charge in [0.1, 0.15) is 0 Å². The van der Waals surface area contributed by atoms with Crippen LogP contribution < -0.4 is 10.5 Å². The van der Waals surface area contributed by atoms with Crippen molar-refractivity contribution in [2.24, 2.45) is 5.73 Å². The number of hydrogen-bond donors (Lipinski definition) is 2. The molecule has 0 amide bonds. The summed E-state index contributed by atoms with van der Waals surface area (Å²) in [5.41, 5.74) is 8.20. The summed E-state index contributed by atoms with van der Waals surface area (Å²) in [4.78, 5) is 0. The molecule has 0 radical (unpaired) electrons. The van der Waals surface area contributed by atoms with E-state index >= 15 is 0 Å². The quantitative estimate of drug-likeness (QED) is 0.900. The number of phenolic OH excluding ortho intramolecular Hbond substituents is 1. The minimum Gasteiger partial charge on any atom is -0.504 e. The predicted molar refractivity (Wildman–Crippen MR) is 76.3 cm³/mol. The normalized spacial score (nSPS) is 18.0. The predicted octanol–water partition coefficient (Wildman–Crippen LogP) is 3.24. The van der Waals surface area contributed by atoms with E-state index in [0.29, 0.717) is 12.3 Å². The highest BCUT2D eigenvalue weighted by molar-refractivity contribution is 9.10. The van der Waals surface area contributed by atoms with Gasteiger partial charge in [-0.2, -0.15) is 0 Å². The molecule has 0 aliphatic heterocycles. The molecule has 0 atom stereocenters. The summed E-state index contributed by atoms with van der Waals surface area (Å²) in [5, 5.41) is 10.1. The number of benzene rings is 1. The van der Waals surface area contributed by atoms with Crippen LogP contribution in [-0.4, -0.2) is 18.8 Å². The molecule has 0 saturated heterocycles. The van der Waals surface area contributed by atoms with E-state index < -0.39 is 0 Å². The first-order valence-electron chi connectivity index (χ1n) is 6.32. The van der Waals surface area contributed by atoms with E-state index in [1.54, 1.807) is 13.2 Å². The van der Waals surface area contributed by atoms with E-state index in [2.05, 4.69) is 22.9 Å². The first-order valence-corrected chi connectivity index (χ1v) is 7.11. The van der Waals surface area contributed by atoms with Gasteiger partial charge in [-0.15, -0.1) is 0 Å². The minimum absolute atomic E-state index is 0.0450. The van der Waals surface area contributed by atoms with E-state index in [9.17, 15) is 5.11 Å². The lowest BCUT2D eigenvalue weighted by Crippen LogP contribution is -2.33. The molecular weight excluding hydrogens is 294 g/mol. The second kappa shape index (κ2) is 5.10. The number of aromatic hydroxyl groups is 1. The van der Waals surface area contributed by atoms with Crippen LogP contribution in [0.4, 0.5) is 0 Å². The van der Waals surface area contributed by atoms with Gasteiger partial charge < -0.3 is 15.6 Å². The molecule has 100 valence electrons. The van der Waals surface area contributed by atoms with Crippen molar-refractivity contribution in [3.63, 3.8) is 0 Å². The maximum Gasteiger partial charge on any atom is 0.164 e. The van der Waals surface area contributed by atoms with E-state index in [4.69, 9.17) is 10.5 Å². The fraction of sp³-hybridized carbons (Fsp3) is 0.571. The van der Waals surface area contributed by atoms with E-state index in [0.717, 1.165) is 28.4 Å². The Bertz CT molecular complexity index is 454. The van der Waals surface area contributed by atoms with Crippen LogP contribution in [0.15, 0.2) is 10.5 Å². The highest BCUT2D eigenvalue weighted by atomic mass is 79.9. The highest BCUT2D eigenvalue weighted by Gasteiger charge is 2.39. The lowest BCUT2D eigenvalue weighted by Gasteiger charge is -2.32. The Morgan fingerprint density at radius 1 is 1.44 bits per heavy atom. The molecule has 0 unspecified atom stereocenters. The molecule has 0 heterocycles. The zero-order chi connectivity index (χ0) is 13.3. The van der Waals surface area contributed by atoms with Gasteiger partial charge >= 0.3 is 0 Å². The molecule has 1 aliphatic rings. The van der Waals surface area contributed by atoms with Crippen molar-refractivity contribution < 1.29 is 9.84 Å². The van der Waals surface area contributed by atoms with Crippen LogP contribution in [-0.2, 0) is 5.41 Å².